The summed E-state index contributed by atoms with van der Waals surface area (Å²) in [6.07, 6.45) is 4.94. The highest BCUT2D eigenvalue weighted by Gasteiger charge is 2.41. The van der Waals surface area contributed by atoms with Crippen LogP contribution in [0.25, 0.3) is 0 Å². The fourth-order valence-corrected chi connectivity index (χ4v) is 4.37. The molecule has 6 heteroatoms. The Labute approximate surface area is 177 Å². The van der Waals surface area contributed by atoms with Crippen LogP contribution in [0.2, 0.25) is 0 Å². The lowest BCUT2D eigenvalue weighted by Gasteiger charge is -2.45. The van der Waals surface area contributed by atoms with Crippen LogP contribution in [-0.4, -0.2) is 53.7 Å². The first-order valence-corrected chi connectivity index (χ1v) is 11.2. The molecule has 29 heavy (non-hydrogen) atoms. The zero-order valence-electron chi connectivity index (χ0n) is 19.9. The molecule has 1 aliphatic heterocycles. The maximum atomic E-state index is 13.4. The molecule has 0 bridgehead atoms. The molecule has 0 radical (unpaired) electrons. The van der Waals surface area contributed by atoms with Gasteiger partial charge in [0.1, 0.15) is 5.60 Å². The number of ether oxygens (including phenoxy) is 1. The number of hydrogen-bond donors (Lipinski definition) is 2. The van der Waals surface area contributed by atoms with Gasteiger partial charge in [-0.3, -0.25) is 4.79 Å². The van der Waals surface area contributed by atoms with Crippen LogP contribution in [0, 0.1) is 10.8 Å². The molecule has 1 aliphatic carbocycles. The number of nitrogens with zero attached hydrogens (tertiary/aromatic N) is 1. The largest absolute Gasteiger partial charge is 0.444 e. The quantitative estimate of drug-likeness (QED) is 0.734. The summed E-state index contributed by atoms with van der Waals surface area (Å²) in [5.41, 5.74) is -0.513. The fourth-order valence-electron chi connectivity index (χ4n) is 4.37. The average molecular weight is 410 g/mol. The van der Waals surface area contributed by atoms with Crippen LogP contribution in [0.15, 0.2) is 0 Å². The molecule has 168 valence electrons. The lowest BCUT2D eigenvalue weighted by molar-refractivity contribution is -0.145. The highest BCUT2D eigenvalue weighted by atomic mass is 16.6. The van der Waals surface area contributed by atoms with Gasteiger partial charge in [-0.25, -0.2) is 4.79 Å². The van der Waals surface area contributed by atoms with E-state index < -0.39 is 5.60 Å². The van der Waals surface area contributed by atoms with Crippen molar-refractivity contribution in [3.8, 4) is 0 Å². The van der Waals surface area contributed by atoms with Crippen molar-refractivity contribution >= 4 is 12.0 Å². The lowest BCUT2D eigenvalue weighted by atomic mass is 9.74. The van der Waals surface area contributed by atoms with E-state index in [-0.39, 0.29) is 29.5 Å². The minimum atomic E-state index is -0.500. The Morgan fingerprint density at radius 2 is 1.66 bits per heavy atom. The lowest BCUT2D eigenvalue weighted by Crippen LogP contribution is -2.53. The molecule has 1 heterocycles. The number of carbonyl (C=O) groups excluding carboxylic acids is 2. The maximum Gasteiger partial charge on any atom is 0.407 e. The molecule has 1 saturated heterocycles. The van der Waals surface area contributed by atoms with Crippen molar-refractivity contribution in [3.63, 3.8) is 0 Å². The minimum Gasteiger partial charge on any atom is -0.444 e. The highest BCUT2D eigenvalue weighted by Crippen LogP contribution is 2.39. The molecule has 2 rings (SSSR count). The van der Waals surface area contributed by atoms with E-state index >= 15 is 0 Å². The molecule has 0 spiro atoms. The zero-order valence-corrected chi connectivity index (χ0v) is 19.9. The first-order chi connectivity index (χ1) is 13.2. The molecule has 2 atom stereocenters. The summed E-state index contributed by atoms with van der Waals surface area (Å²) in [6.45, 7) is 17.6. The summed E-state index contributed by atoms with van der Waals surface area (Å²) >= 11 is 0. The normalized spacial score (nSPS) is 25.5. The van der Waals surface area contributed by atoms with Crippen LogP contribution in [0.3, 0.4) is 0 Å². The number of rotatable bonds is 4. The van der Waals surface area contributed by atoms with Crippen LogP contribution in [0.5, 0.6) is 0 Å². The van der Waals surface area contributed by atoms with Gasteiger partial charge in [0.25, 0.3) is 0 Å². The van der Waals surface area contributed by atoms with E-state index in [1.807, 2.05) is 41.5 Å². The molecular weight excluding hydrogens is 366 g/mol. The van der Waals surface area contributed by atoms with Gasteiger partial charge in [0, 0.05) is 36.6 Å². The summed E-state index contributed by atoms with van der Waals surface area (Å²) in [4.78, 5) is 27.5. The van der Waals surface area contributed by atoms with Crippen molar-refractivity contribution in [1.29, 1.82) is 0 Å². The summed E-state index contributed by atoms with van der Waals surface area (Å²) in [6, 6.07) is 0.653. The Hall–Kier alpha value is -1.30. The minimum absolute atomic E-state index is 0.155. The summed E-state index contributed by atoms with van der Waals surface area (Å²) < 4.78 is 5.33. The summed E-state index contributed by atoms with van der Waals surface area (Å²) in [7, 11) is 0. The predicted octanol–water partition coefficient (Wildman–Crippen LogP) is 4.09. The van der Waals surface area contributed by atoms with Gasteiger partial charge in [0.2, 0.25) is 5.91 Å². The van der Waals surface area contributed by atoms with Gasteiger partial charge >= 0.3 is 6.09 Å². The third kappa shape index (κ3) is 7.16. The third-order valence-electron chi connectivity index (χ3n) is 6.06. The van der Waals surface area contributed by atoms with E-state index in [4.69, 9.17) is 4.74 Å². The molecule has 6 nitrogen and oxygen atoms in total. The van der Waals surface area contributed by atoms with E-state index in [1.54, 1.807) is 0 Å². The van der Waals surface area contributed by atoms with Crippen molar-refractivity contribution < 1.29 is 14.3 Å². The standard InChI is InChI=1S/C23H43N3O3/c1-21(2,3)19(27)26(17-9-11-23(7,8)12-10-17)18-13-16(24-15-18)14-25-20(28)29-22(4,5)6/h16-18,24H,9-15H2,1-8H3,(H,25,28)/t16-,18-/m0/s1. The smallest absolute Gasteiger partial charge is 0.407 e. The van der Waals surface area contributed by atoms with Crippen LogP contribution < -0.4 is 10.6 Å². The monoisotopic (exact) mass is 409 g/mol. The Morgan fingerprint density at radius 3 is 2.17 bits per heavy atom. The van der Waals surface area contributed by atoms with E-state index in [0.717, 1.165) is 38.6 Å². The molecule has 0 unspecified atom stereocenters. The molecule has 2 fully saturated rings. The van der Waals surface area contributed by atoms with Crippen molar-refractivity contribution in [2.24, 2.45) is 10.8 Å². The third-order valence-corrected chi connectivity index (χ3v) is 6.06. The molecule has 2 aliphatic rings. The number of alkyl carbamates (subject to hydrolysis) is 1. The zero-order chi connectivity index (χ0) is 22.0. The molecule has 0 aromatic carbocycles. The second-order valence-electron chi connectivity index (χ2n) is 11.7. The number of carbonyl (C=O) groups is 2. The number of amides is 2. The van der Waals surface area contributed by atoms with E-state index in [9.17, 15) is 9.59 Å². The highest BCUT2D eigenvalue weighted by molar-refractivity contribution is 5.82. The van der Waals surface area contributed by atoms with Crippen LogP contribution >= 0.6 is 0 Å². The molecule has 0 aromatic heterocycles. The second-order valence-corrected chi connectivity index (χ2v) is 11.7. The Kier molecular flexibility index (Phi) is 7.30. The van der Waals surface area contributed by atoms with E-state index in [1.165, 1.54) is 0 Å². The molecule has 2 amide bonds. The van der Waals surface area contributed by atoms with Gasteiger partial charge in [0.05, 0.1) is 0 Å². The van der Waals surface area contributed by atoms with Crippen molar-refractivity contribution in [3.05, 3.63) is 0 Å². The Morgan fingerprint density at radius 1 is 1.07 bits per heavy atom. The summed E-state index contributed by atoms with van der Waals surface area (Å²) in [5.74, 6) is 0.245. The molecule has 2 N–H and O–H groups in total. The van der Waals surface area contributed by atoms with Gasteiger partial charge < -0.3 is 20.3 Å². The van der Waals surface area contributed by atoms with Crippen molar-refractivity contribution in [2.75, 3.05) is 13.1 Å². The average Bonchev–Trinajstić information content (AvgIpc) is 3.01. The molecule has 1 saturated carbocycles. The Balaban J connectivity index is 1.99. The number of hydrogen-bond acceptors (Lipinski definition) is 4. The second kappa shape index (κ2) is 8.83. The van der Waals surface area contributed by atoms with E-state index in [2.05, 4.69) is 29.4 Å². The van der Waals surface area contributed by atoms with Gasteiger partial charge in [0.15, 0.2) is 0 Å². The van der Waals surface area contributed by atoms with E-state index in [0.29, 0.717) is 18.0 Å². The predicted molar refractivity (Wildman–Crippen MR) is 117 cm³/mol. The van der Waals surface area contributed by atoms with Crippen molar-refractivity contribution in [1.82, 2.24) is 15.5 Å². The first kappa shape index (κ1) is 24.0. The molecular formula is C23H43N3O3. The molecule has 0 aromatic rings. The van der Waals surface area contributed by atoms with Crippen molar-refractivity contribution in [2.45, 2.75) is 111 Å². The fraction of sp³-hybridized carbons (Fsp3) is 0.913. The topological polar surface area (TPSA) is 70.7 Å². The Bertz CT molecular complexity index is 579. The maximum absolute atomic E-state index is 13.4. The van der Waals surface area contributed by atoms with Gasteiger partial charge in [-0.2, -0.15) is 0 Å². The summed E-state index contributed by atoms with van der Waals surface area (Å²) in [5, 5.41) is 6.37. The van der Waals surface area contributed by atoms with Gasteiger partial charge in [-0.15, -0.1) is 0 Å². The first-order valence-electron chi connectivity index (χ1n) is 11.2. The number of nitrogens with one attached hydrogen (secondary N) is 2. The van der Waals surface area contributed by atoms with Gasteiger partial charge in [-0.1, -0.05) is 34.6 Å². The van der Waals surface area contributed by atoms with Crippen LogP contribution in [0.4, 0.5) is 4.79 Å². The van der Waals surface area contributed by atoms with Crippen LogP contribution in [-0.2, 0) is 9.53 Å². The SMILES string of the molecule is CC1(C)CCC(N(C(=O)C(C)(C)C)[C@@H]2CN[C@H](CNC(=O)OC(C)(C)C)C2)CC1. The van der Waals surface area contributed by atoms with Crippen LogP contribution in [0.1, 0.15) is 87.5 Å². The van der Waals surface area contributed by atoms with Gasteiger partial charge in [-0.05, 0) is 58.3 Å².